The molecule has 1 aliphatic heterocycles. The molecule has 0 unspecified atom stereocenters. The van der Waals surface area contributed by atoms with Crippen molar-refractivity contribution in [1.82, 2.24) is 13.9 Å². The zero-order valence-electron chi connectivity index (χ0n) is 17.4. The zero-order valence-corrected chi connectivity index (χ0v) is 19.1. The van der Waals surface area contributed by atoms with Gasteiger partial charge in [-0.15, -0.1) is 0 Å². The van der Waals surface area contributed by atoms with E-state index >= 15 is 0 Å². The first-order chi connectivity index (χ1) is 15.3. The number of hydrogen-bond donors (Lipinski definition) is 0. The van der Waals surface area contributed by atoms with E-state index in [1.807, 2.05) is 6.92 Å². The lowest BCUT2D eigenvalue weighted by Crippen LogP contribution is -2.27. The van der Waals surface area contributed by atoms with Gasteiger partial charge in [-0.3, -0.25) is 19.5 Å². The number of rotatable bonds is 7. The molecule has 0 N–H and O–H groups in total. The van der Waals surface area contributed by atoms with Crippen LogP contribution in [0, 0.1) is 10.1 Å². The van der Waals surface area contributed by atoms with Gasteiger partial charge in [-0.25, -0.2) is 13.4 Å². The van der Waals surface area contributed by atoms with Crippen molar-refractivity contribution in [3.63, 3.8) is 0 Å². The Morgan fingerprint density at radius 1 is 1.16 bits per heavy atom. The van der Waals surface area contributed by atoms with Gasteiger partial charge in [0.15, 0.2) is 5.16 Å². The Labute approximate surface area is 189 Å². The topological polar surface area (TPSA) is 115 Å². The summed E-state index contributed by atoms with van der Waals surface area (Å²) in [4.78, 5) is 28.8. The van der Waals surface area contributed by atoms with E-state index in [1.165, 1.54) is 21.0 Å². The summed E-state index contributed by atoms with van der Waals surface area (Å²) in [7, 11) is -3.79. The van der Waals surface area contributed by atoms with Gasteiger partial charge in [-0.2, -0.15) is 4.31 Å². The predicted octanol–water partition coefficient (Wildman–Crippen LogP) is 3.65. The fourth-order valence-electron chi connectivity index (χ4n) is 3.71. The van der Waals surface area contributed by atoms with Crippen LogP contribution in [0.3, 0.4) is 0 Å². The van der Waals surface area contributed by atoms with Crippen LogP contribution in [-0.4, -0.2) is 40.3 Å². The predicted molar refractivity (Wildman–Crippen MR) is 122 cm³/mol. The second-order valence-electron chi connectivity index (χ2n) is 7.47. The number of aromatic nitrogens is 2. The van der Waals surface area contributed by atoms with E-state index in [0.717, 1.165) is 30.7 Å². The van der Waals surface area contributed by atoms with Gasteiger partial charge in [0.05, 0.1) is 25.6 Å². The Hall–Kier alpha value is -2.76. The maximum absolute atomic E-state index is 13.0. The SMILES string of the molecule is CCCn1c(Sc2ccc(S(=O)(=O)N3CCCC3)cc2[N+](=O)[O-])nc2ccccc2c1=O. The highest BCUT2D eigenvalue weighted by Gasteiger charge is 2.30. The lowest BCUT2D eigenvalue weighted by Gasteiger charge is -2.16. The first kappa shape index (κ1) is 22.4. The fraction of sp³-hybridized carbons (Fsp3) is 0.333. The first-order valence-corrected chi connectivity index (χ1v) is 12.5. The van der Waals surface area contributed by atoms with Crippen molar-refractivity contribution in [2.45, 2.75) is 47.7 Å². The molecule has 11 heteroatoms. The van der Waals surface area contributed by atoms with Crippen LogP contribution in [-0.2, 0) is 16.6 Å². The summed E-state index contributed by atoms with van der Waals surface area (Å²) in [6, 6.07) is 10.9. The highest BCUT2D eigenvalue weighted by Crippen LogP contribution is 2.36. The van der Waals surface area contributed by atoms with E-state index in [0.29, 0.717) is 42.1 Å². The van der Waals surface area contributed by atoms with Crippen LogP contribution in [0.1, 0.15) is 26.2 Å². The van der Waals surface area contributed by atoms with Crippen molar-refractivity contribution in [3.05, 3.63) is 62.9 Å². The summed E-state index contributed by atoms with van der Waals surface area (Å²) in [5.41, 5.74) is -0.0419. The summed E-state index contributed by atoms with van der Waals surface area (Å²) in [6.45, 7) is 3.17. The quantitative estimate of drug-likeness (QED) is 0.292. The Morgan fingerprint density at radius 2 is 1.88 bits per heavy atom. The van der Waals surface area contributed by atoms with E-state index in [4.69, 9.17) is 0 Å². The van der Waals surface area contributed by atoms with E-state index in [-0.39, 0.29) is 21.0 Å². The van der Waals surface area contributed by atoms with Gasteiger partial charge in [0.2, 0.25) is 10.0 Å². The molecule has 0 saturated carbocycles. The molecule has 4 rings (SSSR count). The Balaban J connectivity index is 1.79. The molecule has 1 aliphatic rings. The minimum absolute atomic E-state index is 0.104. The molecule has 2 heterocycles. The van der Waals surface area contributed by atoms with Gasteiger partial charge < -0.3 is 0 Å². The molecule has 1 fully saturated rings. The average molecular weight is 475 g/mol. The maximum Gasteiger partial charge on any atom is 0.284 e. The number of para-hydroxylation sites is 1. The second kappa shape index (κ2) is 9.00. The molecule has 1 saturated heterocycles. The van der Waals surface area contributed by atoms with Crippen LogP contribution in [0.25, 0.3) is 10.9 Å². The van der Waals surface area contributed by atoms with Gasteiger partial charge in [-0.05, 0) is 55.3 Å². The third-order valence-electron chi connectivity index (χ3n) is 5.30. The maximum atomic E-state index is 13.0. The summed E-state index contributed by atoms with van der Waals surface area (Å²) in [5.74, 6) is 0. The van der Waals surface area contributed by atoms with Crippen molar-refractivity contribution in [2.75, 3.05) is 13.1 Å². The van der Waals surface area contributed by atoms with Gasteiger partial charge in [0, 0.05) is 25.7 Å². The number of hydrogen-bond acceptors (Lipinski definition) is 7. The van der Waals surface area contributed by atoms with Crippen molar-refractivity contribution >= 4 is 38.4 Å². The van der Waals surface area contributed by atoms with Gasteiger partial charge in [0.25, 0.3) is 11.2 Å². The number of sulfonamides is 1. The van der Waals surface area contributed by atoms with Crippen molar-refractivity contribution in [3.8, 4) is 0 Å². The van der Waals surface area contributed by atoms with Gasteiger partial charge in [0.1, 0.15) is 0 Å². The van der Waals surface area contributed by atoms with Crippen LogP contribution >= 0.6 is 11.8 Å². The van der Waals surface area contributed by atoms with Crippen LogP contribution in [0.2, 0.25) is 0 Å². The molecule has 1 aromatic heterocycles. The second-order valence-corrected chi connectivity index (χ2v) is 10.4. The van der Waals surface area contributed by atoms with Crippen LogP contribution < -0.4 is 5.56 Å². The van der Waals surface area contributed by atoms with E-state index < -0.39 is 14.9 Å². The standard InChI is InChI=1S/C21H22N4O5S2/c1-2-11-24-20(26)16-7-3-4-8-17(16)22-21(24)31-19-10-9-15(14-18(19)25(27)28)32(29,30)23-12-5-6-13-23/h3-4,7-10,14H,2,5-6,11-13H2,1H3. The highest BCUT2D eigenvalue weighted by molar-refractivity contribution is 7.99. The van der Waals surface area contributed by atoms with Crippen LogP contribution in [0.4, 0.5) is 5.69 Å². The van der Waals surface area contributed by atoms with E-state index in [2.05, 4.69) is 4.98 Å². The van der Waals surface area contributed by atoms with Crippen LogP contribution in [0.15, 0.2) is 62.2 Å². The third kappa shape index (κ3) is 4.15. The van der Waals surface area contributed by atoms with Crippen LogP contribution in [0.5, 0.6) is 0 Å². The molecule has 0 spiro atoms. The molecule has 2 aromatic carbocycles. The number of benzene rings is 2. The summed E-state index contributed by atoms with van der Waals surface area (Å²) in [5, 5.41) is 12.6. The largest absolute Gasteiger partial charge is 0.287 e. The number of nitrogens with zero attached hydrogens (tertiary/aromatic N) is 4. The molecule has 32 heavy (non-hydrogen) atoms. The van der Waals surface area contributed by atoms with E-state index in [1.54, 1.807) is 24.3 Å². The molecule has 0 bridgehead atoms. The molecule has 0 amide bonds. The lowest BCUT2D eigenvalue weighted by molar-refractivity contribution is -0.388. The molecule has 0 aliphatic carbocycles. The minimum atomic E-state index is -3.79. The Morgan fingerprint density at radius 3 is 2.56 bits per heavy atom. The zero-order chi connectivity index (χ0) is 22.9. The summed E-state index contributed by atoms with van der Waals surface area (Å²) in [6.07, 6.45) is 2.23. The van der Waals surface area contributed by atoms with Gasteiger partial charge in [-0.1, -0.05) is 19.1 Å². The summed E-state index contributed by atoms with van der Waals surface area (Å²) < 4.78 is 28.6. The molecule has 0 radical (unpaired) electrons. The molecular formula is C21H22N4O5S2. The third-order valence-corrected chi connectivity index (χ3v) is 8.26. The molecule has 9 nitrogen and oxygen atoms in total. The fourth-order valence-corrected chi connectivity index (χ4v) is 6.25. The first-order valence-electron chi connectivity index (χ1n) is 10.3. The molecule has 3 aromatic rings. The van der Waals surface area contributed by atoms with E-state index in [9.17, 15) is 23.3 Å². The highest BCUT2D eigenvalue weighted by atomic mass is 32.2. The minimum Gasteiger partial charge on any atom is -0.287 e. The Bertz CT molecular complexity index is 1350. The van der Waals surface area contributed by atoms with Crippen molar-refractivity contribution in [1.29, 1.82) is 0 Å². The number of fused-ring (bicyclic) bond motifs is 1. The monoisotopic (exact) mass is 474 g/mol. The van der Waals surface area contributed by atoms with Gasteiger partial charge >= 0.3 is 0 Å². The normalized spacial score (nSPS) is 14.8. The summed E-state index contributed by atoms with van der Waals surface area (Å²) >= 11 is 0.991. The average Bonchev–Trinajstić information content (AvgIpc) is 3.32. The molecule has 0 atom stereocenters. The van der Waals surface area contributed by atoms with Crippen molar-refractivity contribution in [2.24, 2.45) is 0 Å². The number of nitro groups is 1. The lowest BCUT2D eigenvalue weighted by atomic mass is 10.2. The number of nitro benzene ring substituents is 1. The molecule has 168 valence electrons. The smallest absolute Gasteiger partial charge is 0.284 e. The molecular weight excluding hydrogens is 452 g/mol. The van der Waals surface area contributed by atoms with Crippen molar-refractivity contribution < 1.29 is 13.3 Å². The Kier molecular flexibility index (Phi) is 6.31.